The molecule has 5 nitrogen and oxygen atoms in total. The number of anilines is 1. The van der Waals surface area contributed by atoms with Gasteiger partial charge in [0, 0.05) is 18.3 Å². The van der Waals surface area contributed by atoms with E-state index in [1.807, 2.05) is 22.4 Å². The van der Waals surface area contributed by atoms with E-state index in [1.54, 1.807) is 0 Å². The molecule has 0 saturated carbocycles. The summed E-state index contributed by atoms with van der Waals surface area (Å²) >= 11 is 0. The van der Waals surface area contributed by atoms with E-state index in [1.165, 1.54) is 5.69 Å². The molecule has 0 saturated heterocycles. The second-order valence-corrected chi connectivity index (χ2v) is 4.16. The van der Waals surface area contributed by atoms with E-state index in [9.17, 15) is 0 Å². The van der Waals surface area contributed by atoms with Gasteiger partial charge in [-0.15, -0.1) is 0 Å². The Bertz CT molecular complexity index is 509. The van der Waals surface area contributed by atoms with Crippen molar-refractivity contribution in [3.8, 4) is 0 Å². The molecule has 2 heterocycles. The molecule has 0 fully saturated rings. The number of nitrogens with zero attached hydrogens (tertiary/aromatic N) is 4. The fraction of sp³-hybridized carbons (Fsp3) is 0.500. The Balaban J connectivity index is 2.28. The zero-order valence-corrected chi connectivity index (χ0v) is 10.6. The molecule has 0 radical (unpaired) electrons. The van der Waals surface area contributed by atoms with Crippen LogP contribution in [0.1, 0.15) is 30.9 Å². The third kappa shape index (κ3) is 2.33. The lowest BCUT2D eigenvalue weighted by Crippen LogP contribution is -2.10. The normalized spacial score (nSPS) is 11.0. The van der Waals surface area contributed by atoms with Gasteiger partial charge in [0.15, 0.2) is 0 Å². The van der Waals surface area contributed by atoms with Crippen LogP contribution in [0.15, 0.2) is 12.1 Å². The summed E-state index contributed by atoms with van der Waals surface area (Å²) in [7, 11) is 0. The Kier molecular flexibility index (Phi) is 3.17. The maximum atomic E-state index is 5.68. The van der Waals surface area contributed by atoms with Gasteiger partial charge < -0.3 is 5.73 Å². The van der Waals surface area contributed by atoms with Gasteiger partial charge in [-0.2, -0.15) is 10.2 Å². The van der Waals surface area contributed by atoms with Gasteiger partial charge in [-0.1, -0.05) is 6.92 Å². The molecule has 0 aliphatic heterocycles. The van der Waals surface area contributed by atoms with Gasteiger partial charge in [0.2, 0.25) is 0 Å². The largest absolute Gasteiger partial charge is 0.382 e. The number of hydrogen-bond donors (Lipinski definition) is 1. The third-order valence-electron chi connectivity index (χ3n) is 2.89. The number of hydrogen-bond acceptors (Lipinski definition) is 3. The van der Waals surface area contributed by atoms with Crippen LogP contribution >= 0.6 is 0 Å². The van der Waals surface area contributed by atoms with Crippen molar-refractivity contribution in [1.82, 2.24) is 19.6 Å². The number of rotatable bonds is 4. The second-order valence-electron chi connectivity index (χ2n) is 4.16. The Morgan fingerprint density at radius 3 is 2.47 bits per heavy atom. The SMILES string of the molecule is CCc1cc(Cn2nc(N)cc2C)n(CC)n1. The summed E-state index contributed by atoms with van der Waals surface area (Å²) in [6.07, 6.45) is 0.959. The van der Waals surface area contributed by atoms with Crippen LogP contribution in [0.4, 0.5) is 5.82 Å². The standard InChI is InChI=1S/C12H19N5/c1-4-10-7-11(16(5-2)14-10)8-17-9(3)6-12(13)15-17/h6-7H,4-5,8H2,1-3H3,(H2,13,15). The molecule has 0 spiro atoms. The van der Waals surface area contributed by atoms with E-state index in [4.69, 9.17) is 5.73 Å². The fourth-order valence-corrected chi connectivity index (χ4v) is 1.94. The van der Waals surface area contributed by atoms with E-state index >= 15 is 0 Å². The lowest BCUT2D eigenvalue weighted by Gasteiger charge is -2.06. The van der Waals surface area contributed by atoms with Gasteiger partial charge in [0.25, 0.3) is 0 Å². The van der Waals surface area contributed by atoms with E-state index in [0.29, 0.717) is 5.82 Å². The van der Waals surface area contributed by atoms with Crippen LogP contribution in [0.5, 0.6) is 0 Å². The summed E-state index contributed by atoms with van der Waals surface area (Å²) in [6.45, 7) is 7.83. The van der Waals surface area contributed by atoms with Crippen molar-refractivity contribution < 1.29 is 0 Å². The van der Waals surface area contributed by atoms with Crippen LogP contribution in [0, 0.1) is 6.92 Å². The second kappa shape index (κ2) is 4.61. The van der Waals surface area contributed by atoms with E-state index in [0.717, 1.165) is 30.9 Å². The zero-order chi connectivity index (χ0) is 12.4. The molecule has 0 bridgehead atoms. The molecule has 2 aromatic rings. The summed E-state index contributed by atoms with van der Waals surface area (Å²) < 4.78 is 3.94. The molecule has 0 aliphatic rings. The van der Waals surface area contributed by atoms with E-state index in [-0.39, 0.29) is 0 Å². The van der Waals surface area contributed by atoms with Crippen molar-refractivity contribution in [2.24, 2.45) is 0 Å². The summed E-state index contributed by atoms with van der Waals surface area (Å²) in [5.41, 5.74) is 9.06. The first-order valence-corrected chi connectivity index (χ1v) is 5.99. The van der Waals surface area contributed by atoms with Gasteiger partial charge in [-0.05, 0) is 26.3 Å². The van der Waals surface area contributed by atoms with Gasteiger partial charge in [0.05, 0.1) is 17.9 Å². The molecule has 0 atom stereocenters. The highest BCUT2D eigenvalue weighted by atomic mass is 15.3. The first kappa shape index (κ1) is 11.7. The highest BCUT2D eigenvalue weighted by molar-refractivity contribution is 5.29. The monoisotopic (exact) mass is 233 g/mol. The molecule has 0 aliphatic carbocycles. The van der Waals surface area contributed by atoms with Crippen LogP contribution in [0.2, 0.25) is 0 Å². The van der Waals surface area contributed by atoms with Crippen molar-refractivity contribution >= 4 is 5.82 Å². The predicted molar refractivity (Wildman–Crippen MR) is 67.8 cm³/mol. The molecule has 2 aromatic heterocycles. The molecule has 0 unspecified atom stereocenters. The molecule has 92 valence electrons. The zero-order valence-electron chi connectivity index (χ0n) is 10.6. The lowest BCUT2D eigenvalue weighted by molar-refractivity contribution is 0.568. The number of aryl methyl sites for hydroxylation is 3. The lowest BCUT2D eigenvalue weighted by atomic mass is 10.3. The fourth-order valence-electron chi connectivity index (χ4n) is 1.94. The van der Waals surface area contributed by atoms with Crippen molar-refractivity contribution in [3.05, 3.63) is 29.2 Å². The number of aromatic nitrogens is 4. The maximum Gasteiger partial charge on any atom is 0.145 e. The first-order chi connectivity index (χ1) is 8.13. The summed E-state index contributed by atoms with van der Waals surface area (Å²) in [5, 5.41) is 8.79. The molecule has 2 N–H and O–H groups in total. The minimum Gasteiger partial charge on any atom is -0.382 e. The quantitative estimate of drug-likeness (QED) is 0.872. The number of nitrogen functional groups attached to an aromatic ring is 1. The predicted octanol–water partition coefficient (Wildman–Crippen LogP) is 1.60. The molecular formula is C12H19N5. The summed E-state index contributed by atoms with van der Waals surface area (Å²) in [6, 6.07) is 4.02. The number of nitrogens with two attached hydrogens (primary N) is 1. The van der Waals surface area contributed by atoms with Gasteiger partial charge in [-0.3, -0.25) is 9.36 Å². The van der Waals surface area contributed by atoms with Crippen LogP contribution in [-0.4, -0.2) is 19.6 Å². The van der Waals surface area contributed by atoms with Gasteiger partial charge in [-0.25, -0.2) is 0 Å². The van der Waals surface area contributed by atoms with Gasteiger partial charge >= 0.3 is 0 Å². The summed E-state index contributed by atoms with van der Waals surface area (Å²) in [4.78, 5) is 0. The van der Waals surface area contributed by atoms with Crippen molar-refractivity contribution in [1.29, 1.82) is 0 Å². The third-order valence-corrected chi connectivity index (χ3v) is 2.89. The Morgan fingerprint density at radius 1 is 1.18 bits per heavy atom. The topological polar surface area (TPSA) is 61.7 Å². The van der Waals surface area contributed by atoms with E-state index < -0.39 is 0 Å². The molecule has 5 heteroatoms. The smallest absolute Gasteiger partial charge is 0.145 e. The highest BCUT2D eigenvalue weighted by Gasteiger charge is 2.08. The van der Waals surface area contributed by atoms with Crippen LogP contribution in [-0.2, 0) is 19.5 Å². The Labute approximate surface area is 101 Å². The minimum absolute atomic E-state index is 0.570. The van der Waals surface area contributed by atoms with E-state index in [2.05, 4.69) is 30.1 Å². The molecule has 17 heavy (non-hydrogen) atoms. The van der Waals surface area contributed by atoms with Crippen LogP contribution in [0.25, 0.3) is 0 Å². The Morgan fingerprint density at radius 2 is 1.94 bits per heavy atom. The minimum atomic E-state index is 0.570. The molecule has 0 amide bonds. The van der Waals surface area contributed by atoms with Crippen molar-refractivity contribution in [2.75, 3.05) is 5.73 Å². The van der Waals surface area contributed by atoms with Crippen LogP contribution in [0.3, 0.4) is 0 Å². The molecule has 0 aromatic carbocycles. The Hall–Kier alpha value is -1.78. The highest BCUT2D eigenvalue weighted by Crippen LogP contribution is 2.11. The molecular weight excluding hydrogens is 214 g/mol. The van der Waals surface area contributed by atoms with Crippen LogP contribution < -0.4 is 5.73 Å². The molecule has 2 rings (SSSR count). The van der Waals surface area contributed by atoms with Gasteiger partial charge in [0.1, 0.15) is 5.82 Å². The summed E-state index contributed by atoms with van der Waals surface area (Å²) in [5.74, 6) is 0.570. The van der Waals surface area contributed by atoms with Crippen molar-refractivity contribution in [3.63, 3.8) is 0 Å². The first-order valence-electron chi connectivity index (χ1n) is 5.99. The van der Waals surface area contributed by atoms with Crippen molar-refractivity contribution in [2.45, 2.75) is 40.3 Å². The average Bonchev–Trinajstić information content (AvgIpc) is 2.83. The average molecular weight is 233 g/mol. The maximum absolute atomic E-state index is 5.68.